The van der Waals surface area contributed by atoms with Crippen LogP contribution >= 0.6 is 0 Å². The van der Waals surface area contributed by atoms with Gasteiger partial charge in [-0.2, -0.15) is 0 Å². The van der Waals surface area contributed by atoms with Gasteiger partial charge in [-0.15, -0.1) is 0 Å². The summed E-state index contributed by atoms with van der Waals surface area (Å²) in [4.78, 5) is 0. The third-order valence-corrected chi connectivity index (χ3v) is 3.88. The number of aliphatic hydroxyl groups is 1. The molecule has 0 aromatic heterocycles. The molecule has 0 heterocycles. The van der Waals surface area contributed by atoms with E-state index in [-0.39, 0.29) is 12.2 Å². The van der Waals surface area contributed by atoms with Crippen molar-refractivity contribution in [3.05, 3.63) is 0 Å². The van der Waals surface area contributed by atoms with E-state index in [0.717, 1.165) is 0 Å². The number of aliphatic hydroxyl groups excluding tert-OH is 1. The van der Waals surface area contributed by atoms with Crippen molar-refractivity contribution in [2.75, 3.05) is 26.4 Å². The Morgan fingerprint density at radius 3 is 2.25 bits per heavy atom. The van der Waals surface area contributed by atoms with Crippen molar-refractivity contribution < 1.29 is 14.6 Å². The molecule has 1 atom stereocenters. The van der Waals surface area contributed by atoms with Gasteiger partial charge >= 0.3 is 0 Å². The van der Waals surface area contributed by atoms with E-state index in [1.54, 1.807) is 0 Å². The summed E-state index contributed by atoms with van der Waals surface area (Å²) < 4.78 is 11.2. The molecule has 1 aliphatic carbocycles. The first kappa shape index (κ1) is 13.9. The average molecular weight is 230 g/mol. The van der Waals surface area contributed by atoms with Crippen LogP contribution in [0.25, 0.3) is 0 Å². The fraction of sp³-hybridized carbons (Fsp3) is 1.00. The smallest absolute Gasteiger partial charge is 0.0711 e. The van der Waals surface area contributed by atoms with E-state index >= 15 is 0 Å². The molecule has 1 unspecified atom stereocenters. The molecule has 1 fully saturated rings. The Morgan fingerprint density at radius 1 is 1.12 bits per heavy atom. The summed E-state index contributed by atoms with van der Waals surface area (Å²) in [6.45, 7) is 8.55. The molecule has 1 saturated carbocycles. The Morgan fingerprint density at radius 2 is 1.81 bits per heavy atom. The first-order chi connectivity index (χ1) is 7.62. The molecule has 3 nitrogen and oxygen atoms in total. The Bertz CT molecular complexity index is 188. The van der Waals surface area contributed by atoms with Crippen molar-refractivity contribution in [1.82, 2.24) is 0 Å². The second kappa shape index (κ2) is 6.58. The Labute approximate surface area is 99.1 Å². The van der Waals surface area contributed by atoms with Crippen LogP contribution in [0.2, 0.25) is 0 Å². The summed E-state index contributed by atoms with van der Waals surface area (Å²) in [5.41, 5.74) is 0.108. The van der Waals surface area contributed by atoms with Crippen LogP contribution in [-0.4, -0.2) is 37.1 Å². The molecule has 1 aliphatic rings. The van der Waals surface area contributed by atoms with Gasteiger partial charge in [0.05, 0.1) is 32.0 Å². The van der Waals surface area contributed by atoms with Crippen LogP contribution in [0.15, 0.2) is 0 Å². The molecule has 1 rings (SSSR count). The molecule has 1 N–H and O–H groups in total. The predicted octanol–water partition coefficient (Wildman–Crippen LogP) is 2.23. The van der Waals surface area contributed by atoms with E-state index in [1.807, 2.05) is 0 Å². The topological polar surface area (TPSA) is 38.7 Å². The first-order valence-corrected chi connectivity index (χ1v) is 6.45. The Balaban J connectivity index is 2.25. The third kappa shape index (κ3) is 3.44. The van der Waals surface area contributed by atoms with E-state index in [1.165, 1.54) is 19.3 Å². The number of hydrogen-bond acceptors (Lipinski definition) is 3. The Kier molecular flexibility index (Phi) is 5.73. The third-order valence-electron chi connectivity index (χ3n) is 3.88. The summed E-state index contributed by atoms with van der Waals surface area (Å²) in [5.74, 6) is 1.28. The molecule has 0 radical (unpaired) electrons. The average Bonchev–Trinajstić information content (AvgIpc) is 2.20. The lowest BCUT2D eigenvalue weighted by atomic mass is 9.68. The summed E-state index contributed by atoms with van der Waals surface area (Å²) in [5, 5.41) is 8.58. The van der Waals surface area contributed by atoms with Crippen molar-refractivity contribution in [3.63, 3.8) is 0 Å². The summed E-state index contributed by atoms with van der Waals surface area (Å²) >= 11 is 0. The van der Waals surface area contributed by atoms with Gasteiger partial charge < -0.3 is 14.6 Å². The lowest BCUT2D eigenvalue weighted by Crippen LogP contribution is -2.48. The largest absolute Gasteiger partial charge is 0.394 e. The number of hydrogen-bond donors (Lipinski definition) is 1. The van der Waals surface area contributed by atoms with Crippen LogP contribution in [0.4, 0.5) is 0 Å². The highest BCUT2D eigenvalue weighted by atomic mass is 16.5. The van der Waals surface area contributed by atoms with Gasteiger partial charge in [-0.05, 0) is 31.1 Å². The van der Waals surface area contributed by atoms with Crippen LogP contribution in [0, 0.1) is 11.8 Å². The monoisotopic (exact) mass is 230 g/mol. The van der Waals surface area contributed by atoms with Gasteiger partial charge in [-0.3, -0.25) is 0 Å². The normalized spacial score (nSPS) is 20.8. The highest BCUT2D eigenvalue weighted by Gasteiger charge is 2.43. The minimum absolute atomic E-state index is 0.0908. The zero-order valence-corrected chi connectivity index (χ0v) is 10.9. The van der Waals surface area contributed by atoms with E-state index in [4.69, 9.17) is 14.6 Å². The molecule has 0 aromatic rings. The zero-order chi connectivity index (χ0) is 12.0. The van der Waals surface area contributed by atoms with Crippen LogP contribution < -0.4 is 0 Å². The molecule has 0 aliphatic heterocycles. The Hall–Kier alpha value is -0.120. The highest BCUT2D eigenvalue weighted by molar-refractivity contribution is 4.95. The van der Waals surface area contributed by atoms with Crippen molar-refractivity contribution in [2.45, 2.75) is 45.6 Å². The summed E-state index contributed by atoms with van der Waals surface area (Å²) in [6.07, 6.45) is 3.66. The molecule has 0 aromatic carbocycles. The minimum atomic E-state index is 0.0908. The van der Waals surface area contributed by atoms with Crippen LogP contribution in [-0.2, 0) is 9.47 Å². The van der Waals surface area contributed by atoms with E-state index in [0.29, 0.717) is 31.7 Å². The van der Waals surface area contributed by atoms with Gasteiger partial charge in [0.1, 0.15) is 0 Å². The molecule has 16 heavy (non-hydrogen) atoms. The van der Waals surface area contributed by atoms with Crippen molar-refractivity contribution in [2.24, 2.45) is 11.8 Å². The standard InChI is InChI=1S/C13H26O3/c1-11(2)12(3)13(5-4-6-13)16-10-9-15-8-7-14/h11-12,14H,4-10H2,1-3H3. The van der Waals surface area contributed by atoms with Crippen LogP contribution in [0.5, 0.6) is 0 Å². The van der Waals surface area contributed by atoms with Crippen molar-refractivity contribution >= 4 is 0 Å². The first-order valence-electron chi connectivity index (χ1n) is 6.45. The van der Waals surface area contributed by atoms with Crippen molar-refractivity contribution in [1.29, 1.82) is 0 Å². The molecule has 3 heteroatoms. The molecule has 0 amide bonds. The van der Waals surface area contributed by atoms with Crippen molar-refractivity contribution in [3.8, 4) is 0 Å². The lowest BCUT2D eigenvalue weighted by molar-refractivity contribution is -0.154. The van der Waals surface area contributed by atoms with Gasteiger partial charge in [-0.25, -0.2) is 0 Å². The van der Waals surface area contributed by atoms with E-state index in [2.05, 4.69) is 20.8 Å². The fourth-order valence-electron chi connectivity index (χ4n) is 2.33. The van der Waals surface area contributed by atoms with Crippen LogP contribution in [0.1, 0.15) is 40.0 Å². The second-order valence-corrected chi connectivity index (χ2v) is 5.14. The lowest BCUT2D eigenvalue weighted by Gasteiger charge is -2.48. The molecular weight excluding hydrogens is 204 g/mol. The van der Waals surface area contributed by atoms with Gasteiger partial charge in [0.25, 0.3) is 0 Å². The molecule has 0 bridgehead atoms. The van der Waals surface area contributed by atoms with Crippen LogP contribution in [0.3, 0.4) is 0 Å². The second-order valence-electron chi connectivity index (χ2n) is 5.14. The zero-order valence-electron chi connectivity index (χ0n) is 10.9. The molecule has 0 saturated heterocycles. The maximum absolute atomic E-state index is 8.58. The van der Waals surface area contributed by atoms with Gasteiger partial charge in [0.15, 0.2) is 0 Å². The molecule has 96 valence electrons. The molecular formula is C13H26O3. The van der Waals surface area contributed by atoms with Gasteiger partial charge in [-0.1, -0.05) is 20.8 Å². The van der Waals surface area contributed by atoms with Gasteiger partial charge in [0.2, 0.25) is 0 Å². The highest BCUT2D eigenvalue weighted by Crippen LogP contribution is 2.44. The quantitative estimate of drug-likeness (QED) is 0.650. The summed E-state index contributed by atoms with van der Waals surface area (Å²) in [7, 11) is 0. The maximum atomic E-state index is 8.58. The predicted molar refractivity (Wildman–Crippen MR) is 64.4 cm³/mol. The van der Waals surface area contributed by atoms with E-state index in [9.17, 15) is 0 Å². The number of rotatable bonds is 8. The maximum Gasteiger partial charge on any atom is 0.0711 e. The molecule has 0 spiro atoms. The van der Waals surface area contributed by atoms with Gasteiger partial charge in [0, 0.05) is 0 Å². The van der Waals surface area contributed by atoms with E-state index < -0.39 is 0 Å². The SMILES string of the molecule is CC(C)C(C)C1(OCCOCCO)CCC1. The summed E-state index contributed by atoms with van der Waals surface area (Å²) in [6, 6.07) is 0. The number of ether oxygens (including phenoxy) is 2. The minimum Gasteiger partial charge on any atom is -0.394 e. The fourth-order valence-corrected chi connectivity index (χ4v) is 2.33.